The fourth-order valence-corrected chi connectivity index (χ4v) is 25.1. The van der Waals surface area contributed by atoms with E-state index in [0.29, 0.717) is 78.6 Å². The Hall–Kier alpha value is -8.39. The van der Waals surface area contributed by atoms with Gasteiger partial charge in [0.25, 0.3) is 10.1 Å². The quantitative estimate of drug-likeness (QED) is 0.133. The first-order chi connectivity index (χ1) is 43.3. The van der Waals surface area contributed by atoms with Gasteiger partial charge in [-0.25, -0.2) is 0 Å². The van der Waals surface area contributed by atoms with Crippen molar-refractivity contribution in [2.45, 2.75) is 57.0 Å². The summed E-state index contributed by atoms with van der Waals surface area (Å²) < 4.78 is 38.4. The molecule has 0 fully saturated rings. The number of anilines is 4. The first-order valence-electron chi connectivity index (χ1n) is 30.4. The summed E-state index contributed by atoms with van der Waals surface area (Å²) in [5, 5.41) is 3.35. The SMILES string of the molecule is CC1(S(=O)(=O)O)C=CC2=C(C=C1)CN(c1cccc3c1C1=Nc4c5cccc(N6CCc7ccccc7C6)c5c5[n]4[Sn]([Cl])([Cl])[n]4c(c6cccc(N7CCc8ccccc8C7)c6c4=NC3=N1)=NC1=NC(=N5)c3cccc(N4CCc5ccccc5C4)c31)CC2. The van der Waals surface area contributed by atoms with Gasteiger partial charge in [0.2, 0.25) is 0 Å². The van der Waals surface area contributed by atoms with E-state index in [4.69, 9.17) is 47.8 Å². The second kappa shape index (κ2) is 19.8. The summed E-state index contributed by atoms with van der Waals surface area (Å²) in [6.07, 6.45) is 10.1. The number of amidine groups is 4. The van der Waals surface area contributed by atoms with Crippen LogP contribution in [0.15, 0.2) is 211 Å². The van der Waals surface area contributed by atoms with Gasteiger partial charge in [-0.1, -0.05) is 0 Å². The number of hydrogen-bond acceptors (Lipinski definition) is 12. The molecule has 19 heteroatoms. The van der Waals surface area contributed by atoms with Gasteiger partial charge in [0.05, 0.1) is 0 Å². The molecule has 89 heavy (non-hydrogen) atoms. The second-order valence-electron chi connectivity index (χ2n) is 24.6. The Labute approximate surface area is 525 Å². The Balaban J connectivity index is 0.939. The molecule has 2 aromatic heterocycles. The Morgan fingerprint density at radius 3 is 1.48 bits per heavy atom. The van der Waals surface area contributed by atoms with Gasteiger partial charge in [0.1, 0.15) is 0 Å². The molecule has 15 nitrogen and oxygen atoms in total. The number of rotatable bonds is 5. The van der Waals surface area contributed by atoms with E-state index in [0.717, 1.165) is 123 Å². The molecule has 0 amide bonds. The molecule has 438 valence electrons. The van der Waals surface area contributed by atoms with Crippen molar-refractivity contribution in [3.05, 3.63) is 248 Å². The number of benzene rings is 7. The van der Waals surface area contributed by atoms with E-state index in [-0.39, 0.29) is 0 Å². The molecule has 10 heterocycles. The van der Waals surface area contributed by atoms with Gasteiger partial charge in [-0.3, -0.25) is 4.55 Å². The van der Waals surface area contributed by atoms with Crippen molar-refractivity contribution in [2.75, 3.05) is 52.3 Å². The van der Waals surface area contributed by atoms with Gasteiger partial charge in [-0.05, 0) is 6.92 Å². The number of nitrogens with zero attached hydrogens (tertiary/aromatic N) is 12. The molecule has 0 radical (unpaired) electrons. The summed E-state index contributed by atoms with van der Waals surface area (Å²) in [5.41, 5.74) is 18.1. The van der Waals surface area contributed by atoms with Crippen molar-refractivity contribution in [1.82, 2.24) is 5.58 Å². The minimum atomic E-state index is -5.63. The van der Waals surface area contributed by atoms with Crippen molar-refractivity contribution in [2.24, 2.45) is 30.0 Å². The average molecular weight is 1330 g/mol. The molecule has 9 aromatic rings. The molecule has 1 atom stereocenters. The molecule has 1 N–H and O–H groups in total. The Morgan fingerprint density at radius 1 is 0.438 bits per heavy atom. The second-order valence-corrected chi connectivity index (χ2v) is 40.3. The van der Waals surface area contributed by atoms with Gasteiger partial charge in [-0.15, -0.1) is 0 Å². The van der Waals surface area contributed by atoms with Crippen molar-refractivity contribution in [1.29, 1.82) is 0 Å². The van der Waals surface area contributed by atoms with Crippen LogP contribution < -0.4 is 30.6 Å². The molecular formula is C70H56Cl2N12O3SSn. The zero-order chi connectivity index (χ0) is 59.7. The zero-order valence-electron chi connectivity index (χ0n) is 48.4. The van der Waals surface area contributed by atoms with Crippen LogP contribution in [-0.4, -0.2) is 96.0 Å². The minimum absolute atomic E-state index is 0.449. The van der Waals surface area contributed by atoms with Crippen LogP contribution in [0.3, 0.4) is 0 Å². The average Bonchev–Trinajstić information content (AvgIpc) is 1.54. The molecule has 0 saturated heterocycles. The van der Waals surface area contributed by atoms with Crippen LogP contribution >= 0.6 is 17.8 Å². The predicted molar refractivity (Wildman–Crippen MR) is 358 cm³/mol. The summed E-state index contributed by atoms with van der Waals surface area (Å²) in [6.45, 7) is 7.01. The molecule has 9 aliphatic rings. The monoisotopic (exact) mass is 1330 g/mol. The van der Waals surface area contributed by atoms with Gasteiger partial charge >= 0.3 is 499 Å². The van der Waals surface area contributed by atoms with Crippen molar-refractivity contribution in [3.63, 3.8) is 0 Å². The van der Waals surface area contributed by atoms with Crippen LogP contribution in [0.5, 0.6) is 0 Å². The third-order valence-corrected chi connectivity index (χ3v) is 31.1. The van der Waals surface area contributed by atoms with E-state index in [9.17, 15) is 13.0 Å². The van der Waals surface area contributed by atoms with E-state index >= 15 is 0 Å². The van der Waals surface area contributed by atoms with Crippen LogP contribution in [0, 0.1) is 0 Å². The van der Waals surface area contributed by atoms with Gasteiger partial charge in [-0.2, -0.15) is 8.42 Å². The van der Waals surface area contributed by atoms with Crippen LogP contribution in [0.2, 0.25) is 0 Å². The van der Waals surface area contributed by atoms with Gasteiger partial charge in [0, 0.05) is 0 Å². The van der Waals surface area contributed by atoms with Gasteiger partial charge in [0.15, 0.2) is 0 Å². The van der Waals surface area contributed by atoms with E-state index in [2.05, 4.69) is 165 Å². The molecule has 6 bridgehead atoms. The van der Waals surface area contributed by atoms with E-state index in [1.54, 1.807) is 12.2 Å². The van der Waals surface area contributed by atoms with E-state index in [1.807, 2.05) is 18.2 Å². The number of hydrogen-bond donors (Lipinski definition) is 1. The number of fused-ring (bicyclic) bond motifs is 17. The van der Waals surface area contributed by atoms with Crippen molar-refractivity contribution in [3.8, 4) is 0 Å². The van der Waals surface area contributed by atoms with E-state index < -0.39 is 31.5 Å². The summed E-state index contributed by atoms with van der Waals surface area (Å²) in [6, 6.07) is 51.6. The number of aliphatic imine (C=N–C) groups is 4. The standard InChI is InChI=1S/C70H56N12O3S.2ClH.Sn/c1-70(86(83,84)85)32-26-45-31-37-82(41-49(45)27-33-70)57-25-11-21-53-61(57)69-77-64-52-20-10-24-56(81-36-30-44-14-4-7-17-48(44)40-81)60(52)67(75-64)73-62-50-18-8-22-54(79-34-28-42-12-2-5-15-46(42)38-79)58(50)66(71-62)72-63-51-19-9-23-55(59(51)68(74-63)76-65(53)78-69)80-35-29-43-13-3-6-16-47(43)39-80;;;/h2-27,32-33H,28-31,34-41H2,1H3,(H-2,71,72,73,74,75,76,77,78,83,84,85);2*1H;/q-2;;;+4/p-2. The van der Waals surface area contributed by atoms with Crippen LogP contribution in [0.1, 0.15) is 69.0 Å². The Kier molecular flexibility index (Phi) is 11.9. The number of allylic oxidation sites excluding steroid dienone is 1. The van der Waals surface area contributed by atoms with E-state index in [1.165, 1.54) is 40.3 Å². The Bertz CT molecular complexity index is 5190. The molecule has 7 aromatic carbocycles. The van der Waals surface area contributed by atoms with Crippen molar-refractivity contribution >= 4 is 124 Å². The molecular weight excluding hydrogens is 1280 g/mol. The predicted octanol–water partition coefficient (Wildman–Crippen LogP) is 11.8. The summed E-state index contributed by atoms with van der Waals surface area (Å²) >= 11 is -5.63. The normalized spacial score (nSPS) is 20.0. The molecule has 8 aliphatic heterocycles. The summed E-state index contributed by atoms with van der Waals surface area (Å²) in [5.74, 6) is 3.02. The van der Waals surface area contributed by atoms with Crippen LogP contribution in [-0.2, 0) is 49.0 Å². The first kappa shape index (κ1) is 53.6. The maximum atomic E-state index is 12.7. The topological polar surface area (TPSA) is 151 Å². The zero-order valence-corrected chi connectivity index (χ0v) is 53.6. The van der Waals surface area contributed by atoms with Crippen LogP contribution in [0.4, 0.5) is 34.4 Å². The fraction of sp³-hybridized carbons (Fsp3) is 0.200. The fourth-order valence-electron chi connectivity index (χ4n) is 15.0. The number of aromatic nitrogens is 2. The molecule has 0 saturated carbocycles. The maximum absolute atomic E-state index is 12.7. The third-order valence-electron chi connectivity index (χ3n) is 19.7. The van der Waals surface area contributed by atoms with Gasteiger partial charge < -0.3 is 0 Å². The number of halogens is 2. The third kappa shape index (κ3) is 8.21. The van der Waals surface area contributed by atoms with Crippen LogP contribution in [0.25, 0.3) is 21.5 Å². The molecule has 0 spiro atoms. The molecule has 18 rings (SSSR count). The molecule has 1 unspecified atom stereocenters. The van der Waals surface area contributed by atoms with Crippen molar-refractivity contribution < 1.29 is 13.0 Å². The molecule has 1 aliphatic carbocycles. The summed E-state index contributed by atoms with van der Waals surface area (Å²) in [4.78, 5) is 44.2. The summed E-state index contributed by atoms with van der Waals surface area (Å²) in [7, 11) is 13.2. The first-order valence-corrected chi connectivity index (χ1v) is 41.6. The Morgan fingerprint density at radius 2 is 0.888 bits per heavy atom.